The molecule has 1 amide bonds. The van der Waals surface area contributed by atoms with Gasteiger partial charge in [-0.25, -0.2) is 4.98 Å². The zero-order chi connectivity index (χ0) is 23.9. The van der Waals surface area contributed by atoms with E-state index in [1.165, 1.54) is 11.3 Å². The summed E-state index contributed by atoms with van der Waals surface area (Å²) >= 11 is 1.33. The number of ether oxygens (including phenoxy) is 3. The molecule has 10 heteroatoms. The fourth-order valence-electron chi connectivity index (χ4n) is 3.10. The second kappa shape index (κ2) is 10.9. The minimum absolute atomic E-state index is 0.172. The van der Waals surface area contributed by atoms with Crippen molar-refractivity contribution in [1.29, 1.82) is 0 Å². The van der Waals surface area contributed by atoms with Crippen LogP contribution in [0, 0.1) is 0 Å². The van der Waals surface area contributed by atoms with Crippen LogP contribution in [0.25, 0.3) is 11.5 Å². The van der Waals surface area contributed by atoms with Gasteiger partial charge in [-0.2, -0.15) is 0 Å². The number of anilines is 1. The number of rotatable bonds is 10. The molecule has 0 saturated heterocycles. The summed E-state index contributed by atoms with van der Waals surface area (Å²) in [6, 6.07) is 12.2. The maximum atomic E-state index is 12.9. The average Bonchev–Trinajstić information content (AvgIpc) is 3.52. The predicted octanol–water partition coefficient (Wildman–Crippen LogP) is 5.21. The van der Waals surface area contributed by atoms with E-state index < -0.39 is 0 Å². The van der Waals surface area contributed by atoms with E-state index in [0.29, 0.717) is 52.8 Å². The monoisotopic (exact) mass is 480 g/mol. The third-order valence-corrected chi connectivity index (χ3v) is 5.38. The minimum Gasteiger partial charge on any atom is -0.488 e. The average molecular weight is 481 g/mol. The summed E-state index contributed by atoms with van der Waals surface area (Å²) < 4.78 is 22.7. The second-order valence-electron chi connectivity index (χ2n) is 7.31. The molecular weight excluding hydrogens is 456 g/mol. The molecule has 0 saturated carbocycles. The fraction of sp³-hybridized carbons (Fsp3) is 0.250. The van der Waals surface area contributed by atoms with Crippen LogP contribution in [0.15, 0.2) is 58.5 Å². The third kappa shape index (κ3) is 5.77. The first-order chi connectivity index (χ1) is 16.6. The standard InChI is InChI=1S/C24H24N4O5S/c1-4-21-27-28-23(33-21)16-5-7-17(8-6-16)32-20-13-18(31-15(2)14-30-3)9-10-19(20)22(29)26-24-25-11-12-34-24/h5-13,15H,4,14H2,1-3H3,(H,25,26,29)/t15-/m0/s1. The van der Waals surface area contributed by atoms with E-state index in [0.717, 1.165) is 5.56 Å². The van der Waals surface area contributed by atoms with Gasteiger partial charge in [0.2, 0.25) is 11.8 Å². The van der Waals surface area contributed by atoms with Crippen molar-refractivity contribution in [3.8, 4) is 28.7 Å². The summed E-state index contributed by atoms with van der Waals surface area (Å²) in [5.41, 5.74) is 1.11. The first-order valence-electron chi connectivity index (χ1n) is 10.7. The summed E-state index contributed by atoms with van der Waals surface area (Å²) in [4.78, 5) is 17.0. The Labute approximate surface area is 200 Å². The molecule has 0 unspecified atom stereocenters. The summed E-state index contributed by atoms with van der Waals surface area (Å²) in [6.45, 7) is 4.27. The van der Waals surface area contributed by atoms with E-state index in [1.54, 1.807) is 49.0 Å². The summed E-state index contributed by atoms with van der Waals surface area (Å²) in [5.74, 6) is 2.11. The van der Waals surface area contributed by atoms with Crippen molar-refractivity contribution in [2.45, 2.75) is 26.4 Å². The molecule has 9 nitrogen and oxygen atoms in total. The molecule has 0 fully saturated rings. The number of aromatic nitrogens is 3. The Morgan fingerprint density at radius 1 is 1.15 bits per heavy atom. The number of benzene rings is 2. The number of carbonyl (C=O) groups is 1. The zero-order valence-electron chi connectivity index (χ0n) is 19.0. The predicted molar refractivity (Wildman–Crippen MR) is 128 cm³/mol. The van der Waals surface area contributed by atoms with Gasteiger partial charge in [-0.05, 0) is 43.3 Å². The topological polar surface area (TPSA) is 109 Å². The van der Waals surface area contributed by atoms with Crippen molar-refractivity contribution < 1.29 is 23.4 Å². The first kappa shape index (κ1) is 23.4. The smallest absolute Gasteiger partial charge is 0.261 e. The lowest BCUT2D eigenvalue weighted by atomic mass is 10.1. The van der Waals surface area contributed by atoms with Crippen molar-refractivity contribution >= 4 is 22.4 Å². The quantitative estimate of drug-likeness (QED) is 0.329. The van der Waals surface area contributed by atoms with Crippen LogP contribution in [0.1, 0.15) is 30.1 Å². The third-order valence-electron chi connectivity index (χ3n) is 4.69. The highest BCUT2D eigenvalue weighted by Gasteiger charge is 2.17. The first-order valence-corrected chi connectivity index (χ1v) is 11.5. The Bertz CT molecular complexity index is 1220. The number of hydrogen-bond acceptors (Lipinski definition) is 9. The Morgan fingerprint density at radius 2 is 1.94 bits per heavy atom. The number of carbonyl (C=O) groups excluding carboxylic acids is 1. The molecule has 4 rings (SSSR count). The van der Waals surface area contributed by atoms with Gasteiger partial charge in [0.15, 0.2) is 5.13 Å². The van der Waals surface area contributed by atoms with E-state index in [1.807, 2.05) is 26.0 Å². The van der Waals surface area contributed by atoms with Crippen LogP contribution in [-0.2, 0) is 11.2 Å². The van der Waals surface area contributed by atoms with Crippen LogP contribution in [-0.4, -0.2) is 40.9 Å². The van der Waals surface area contributed by atoms with Crippen LogP contribution < -0.4 is 14.8 Å². The van der Waals surface area contributed by atoms with Gasteiger partial charge in [0, 0.05) is 36.7 Å². The van der Waals surface area contributed by atoms with E-state index >= 15 is 0 Å². The van der Waals surface area contributed by atoms with Crippen LogP contribution in [0.4, 0.5) is 5.13 Å². The maximum Gasteiger partial charge on any atom is 0.261 e. The number of nitrogens with one attached hydrogen (secondary N) is 1. The van der Waals surface area contributed by atoms with E-state index in [2.05, 4.69) is 20.5 Å². The molecule has 0 aliphatic carbocycles. The summed E-state index contributed by atoms with van der Waals surface area (Å²) in [6.07, 6.45) is 2.12. The van der Waals surface area contributed by atoms with Gasteiger partial charge in [-0.1, -0.05) is 6.92 Å². The molecule has 34 heavy (non-hydrogen) atoms. The van der Waals surface area contributed by atoms with Crippen molar-refractivity contribution in [3.05, 3.63) is 65.5 Å². The molecule has 4 aromatic rings. The molecule has 0 spiro atoms. The molecule has 0 aliphatic rings. The zero-order valence-corrected chi connectivity index (χ0v) is 19.8. The molecule has 2 aromatic heterocycles. The SMILES string of the molecule is CCc1nnc(-c2ccc(Oc3cc(O[C@@H](C)COC)ccc3C(=O)Nc3nccs3)cc2)o1. The van der Waals surface area contributed by atoms with Crippen molar-refractivity contribution in [2.24, 2.45) is 0 Å². The van der Waals surface area contributed by atoms with Crippen LogP contribution in [0.3, 0.4) is 0 Å². The molecule has 0 bridgehead atoms. The number of nitrogens with zero attached hydrogens (tertiary/aromatic N) is 3. The number of amides is 1. The Balaban J connectivity index is 1.58. The molecule has 176 valence electrons. The fourth-order valence-corrected chi connectivity index (χ4v) is 3.63. The lowest BCUT2D eigenvalue weighted by molar-refractivity contribution is 0.0919. The lowest BCUT2D eigenvalue weighted by Gasteiger charge is -2.16. The van der Waals surface area contributed by atoms with E-state index in [4.69, 9.17) is 18.6 Å². The molecule has 1 N–H and O–H groups in total. The van der Waals surface area contributed by atoms with Gasteiger partial charge >= 0.3 is 0 Å². The van der Waals surface area contributed by atoms with Gasteiger partial charge in [0.1, 0.15) is 23.4 Å². The molecule has 2 heterocycles. The van der Waals surface area contributed by atoms with Gasteiger partial charge in [-0.3, -0.25) is 10.1 Å². The highest BCUT2D eigenvalue weighted by molar-refractivity contribution is 7.13. The van der Waals surface area contributed by atoms with Crippen LogP contribution in [0.5, 0.6) is 17.2 Å². The number of thiazole rings is 1. The Kier molecular flexibility index (Phi) is 7.51. The summed E-state index contributed by atoms with van der Waals surface area (Å²) in [5, 5.41) is 13.1. The highest BCUT2D eigenvalue weighted by Crippen LogP contribution is 2.32. The van der Waals surface area contributed by atoms with E-state index in [9.17, 15) is 4.79 Å². The molecule has 0 radical (unpaired) electrons. The molecule has 2 aromatic carbocycles. The molecule has 1 atom stereocenters. The highest BCUT2D eigenvalue weighted by atomic mass is 32.1. The Hall–Kier alpha value is -3.76. The number of hydrogen-bond donors (Lipinski definition) is 1. The molecule has 0 aliphatic heterocycles. The van der Waals surface area contributed by atoms with Crippen molar-refractivity contribution in [1.82, 2.24) is 15.2 Å². The van der Waals surface area contributed by atoms with Gasteiger partial charge in [-0.15, -0.1) is 21.5 Å². The lowest BCUT2D eigenvalue weighted by Crippen LogP contribution is -2.18. The number of aryl methyl sites for hydroxylation is 1. The normalized spacial score (nSPS) is 11.7. The van der Waals surface area contributed by atoms with Crippen molar-refractivity contribution in [2.75, 3.05) is 19.0 Å². The summed E-state index contributed by atoms with van der Waals surface area (Å²) in [7, 11) is 1.61. The van der Waals surface area contributed by atoms with E-state index in [-0.39, 0.29) is 12.0 Å². The number of methoxy groups -OCH3 is 1. The largest absolute Gasteiger partial charge is 0.488 e. The van der Waals surface area contributed by atoms with Gasteiger partial charge in [0.05, 0.1) is 12.2 Å². The van der Waals surface area contributed by atoms with Gasteiger partial charge in [0.25, 0.3) is 5.91 Å². The van der Waals surface area contributed by atoms with Crippen LogP contribution in [0.2, 0.25) is 0 Å². The van der Waals surface area contributed by atoms with Crippen LogP contribution >= 0.6 is 11.3 Å². The van der Waals surface area contributed by atoms with Crippen molar-refractivity contribution in [3.63, 3.8) is 0 Å². The molecular formula is C24H24N4O5S. The second-order valence-corrected chi connectivity index (χ2v) is 8.21. The maximum absolute atomic E-state index is 12.9. The Morgan fingerprint density at radius 3 is 2.62 bits per heavy atom. The minimum atomic E-state index is -0.337. The van der Waals surface area contributed by atoms with Gasteiger partial charge < -0.3 is 18.6 Å².